The van der Waals surface area contributed by atoms with Crippen molar-refractivity contribution in [3.63, 3.8) is 0 Å². The highest BCUT2D eigenvalue weighted by Gasteiger charge is 2.24. The van der Waals surface area contributed by atoms with Crippen molar-refractivity contribution in [2.24, 2.45) is 9.98 Å². The van der Waals surface area contributed by atoms with Crippen molar-refractivity contribution in [3.8, 4) is 0 Å². The van der Waals surface area contributed by atoms with Crippen LogP contribution in [0.5, 0.6) is 0 Å². The van der Waals surface area contributed by atoms with Crippen LogP contribution in [-0.4, -0.2) is 63.4 Å². The molecule has 10 nitrogen and oxygen atoms in total. The molecule has 0 bridgehead atoms. The van der Waals surface area contributed by atoms with E-state index in [-0.39, 0.29) is 23.1 Å². The van der Waals surface area contributed by atoms with E-state index in [1.807, 2.05) is 0 Å². The van der Waals surface area contributed by atoms with Crippen molar-refractivity contribution >= 4 is 27.8 Å². The molecule has 0 saturated heterocycles. The summed E-state index contributed by atoms with van der Waals surface area (Å²) in [6.45, 7) is 1.59. The molecule has 136 valence electrons. The smallest absolute Gasteiger partial charge is 0.337 e. The summed E-state index contributed by atoms with van der Waals surface area (Å²) in [5.41, 5.74) is -0.299. The van der Waals surface area contributed by atoms with E-state index in [1.165, 1.54) is 31.4 Å². The van der Waals surface area contributed by atoms with Crippen molar-refractivity contribution in [1.29, 1.82) is 0 Å². The molecule has 0 saturated carbocycles. The van der Waals surface area contributed by atoms with Gasteiger partial charge in [-0.2, -0.15) is 14.7 Å². The molecule has 0 aromatic heterocycles. The summed E-state index contributed by atoms with van der Waals surface area (Å²) in [7, 11) is -0.838. The van der Waals surface area contributed by atoms with Crippen LogP contribution in [0, 0.1) is 0 Å². The maximum absolute atomic E-state index is 12.4. The quantitative estimate of drug-likeness (QED) is 0.594. The molecule has 2 rings (SSSR count). The van der Waals surface area contributed by atoms with Gasteiger partial charge in [0.25, 0.3) is 0 Å². The summed E-state index contributed by atoms with van der Waals surface area (Å²) in [4.78, 5) is 20.8. The Morgan fingerprint density at radius 1 is 1.40 bits per heavy atom. The number of methoxy groups -OCH3 is 1. The van der Waals surface area contributed by atoms with Gasteiger partial charge in [0.2, 0.25) is 10.0 Å². The molecular weight excluding hydrogens is 350 g/mol. The molecule has 1 aliphatic heterocycles. The monoisotopic (exact) mass is 369 g/mol. The second-order valence-electron chi connectivity index (χ2n) is 5.09. The van der Waals surface area contributed by atoms with E-state index in [4.69, 9.17) is 9.84 Å². The number of hydrogen-bond acceptors (Lipinski definition) is 8. The van der Waals surface area contributed by atoms with E-state index >= 15 is 0 Å². The highest BCUT2D eigenvalue weighted by Crippen LogP contribution is 2.15. The number of aromatic carboxylic acids is 1. The van der Waals surface area contributed by atoms with E-state index in [1.54, 1.807) is 18.9 Å². The van der Waals surface area contributed by atoms with Gasteiger partial charge < -0.3 is 14.7 Å². The van der Waals surface area contributed by atoms with Crippen LogP contribution >= 0.6 is 0 Å². The van der Waals surface area contributed by atoms with Crippen molar-refractivity contribution < 1.29 is 23.1 Å². The average Bonchev–Trinajstić information content (AvgIpc) is 2.58. The van der Waals surface area contributed by atoms with Gasteiger partial charge in [0.15, 0.2) is 6.29 Å². The Hall–Kier alpha value is -2.50. The van der Waals surface area contributed by atoms with Gasteiger partial charge in [-0.1, -0.05) is 12.1 Å². The Bertz CT molecular complexity index is 821. The van der Waals surface area contributed by atoms with E-state index in [0.717, 1.165) is 0 Å². The van der Waals surface area contributed by atoms with Gasteiger partial charge in [0, 0.05) is 7.05 Å². The molecule has 1 aromatic rings. The molecule has 0 amide bonds. The Morgan fingerprint density at radius 3 is 2.72 bits per heavy atom. The Kier molecular flexibility index (Phi) is 5.72. The first-order valence-corrected chi connectivity index (χ1v) is 8.70. The lowest BCUT2D eigenvalue weighted by molar-refractivity contribution is 0.0692. The van der Waals surface area contributed by atoms with Gasteiger partial charge in [-0.25, -0.2) is 13.2 Å². The number of benzene rings is 1. The van der Waals surface area contributed by atoms with Crippen LogP contribution in [0.1, 0.15) is 17.3 Å². The highest BCUT2D eigenvalue weighted by molar-refractivity contribution is 7.89. The average molecular weight is 369 g/mol. The second kappa shape index (κ2) is 7.59. The number of rotatable bonds is 6. The minimum absolute atomic E-state index is 0.168. The normalized spacial score (nSPS) is 17.7. The third kappa shape index (κ3) is 4.32. The van der Waals surface area contributed by atoms with Gasteiger partial charge in [0.05, 0.1) is 24.2 Å². The summed E-state index contributed by atoms with van der Waals surface area (Å²) in [5.74, 6) is -0.675. The molecule has 1 atom stereocenters. The third-order valence-electron chi connectivity index (χ3n) is 3.50. The van der Waals surface area contributed by atoms with Crippen LogP contribution in [-0.2, 0) is 14.8 Å². The molecule has 3 N–H and O–H groups in total. The maximum Gasteiger partial charge on any atom is 0.337 e. The molecule has 1 unspecified atom stereocenters. The first-order valence-electron chi connectivity index (χ1n) is 7.21. The third-order valence-corrected chi connectivity index (χ3v) is 4.96. The predicted octanol–water partition coefficient (Wildman–Crippen LogP) is -0.140. The summed E-state index contributed by atoms with van der Waals surface area (Å²) in [6.07, 6.45) is -0.579. The van der Waals surface area contributed by atoms with Gasteiger partial charge in [0.1, 0.15) is 5.84 Å². The van der Waals surface area contributed by atoms with Crippen molar-refractivity contribution in [1.82, 2.24) is 14.9 Å². The number of carboxylic acids is 1. The minimum atomic E-state index is -4.01. The van der Waals surface area contributed by atoms with Gasteiger partial charge in [-0.15, -0.1) is 0 Å². The zero-order valence-corrected chi connectivity index (χ0v) is 14.7. The van der Waals surface area contributed by atoms with Crippen molar-refractivity contribution in [3.05, 3.63) is 29.8 Å². The number of carboxylic acid groups (broad SMARTS) is 1. The number of sulfonamides is 1. The first kappa shape index (κ1) is 18.8. The Labute approximate surface area is 145 Å². The van der Waals surface area contributed by atoms with Crippen molar-refractivity contribution in [2.75, 3.05) is 20.8 Å². The Morgan fingerprint density at radius 2 is 2.08 bits per heavy atom. The van der Waals surface area contributed by atoms with Crippen LogP contribution in [0.25, 0.3) is 0 Å². The molecule has 0 fully saturated rings. The summed E-state index contributed by atoms with van der Waals surface area (Å²) < 4.78 is 32.0. The molecule has 11 heteroatoms. The predicted molar refractivity (Wildman–Crippen MR) is 90.8 cm³/mol. The number of amidine groups is 2. The number of nitrogens with one attached hydrogen (secondary N) is 2. The molecule has 0 aliphatic carbocycles. The molecule has 0 radical (unpaired) electrons. The number of aliphatic imine (C=N–C) groups is 2. The van der Waals surface area contributed by atoms with Crippen LogP contribution in [0.3, 0.4) is 0 Å². The number of carbonyl (C=O) groups is 1. The molecule has 1 aromatic carbocycles. The van der Waals surface area contributed by atoms with Gasteiger partial charge in [-0.3, -0.25) is 5.32 Å². The molecule has 1 aliphatic rings. The minimum Gasteiger partial charge on any atom is -0.478 e. The number of hydrogen-bond donors (Lipinski definition) is 3. The standard InChI is InChI=1S/C14H19N5O5S/c1-9-17-14(24-3)18-13(19(9)2)15-8-16-25(22,23)11-7-5-4-6-10(11)12(20)21/h4-7,13,15-16H,8H2,1-3H3,(H,20,21). The fourth-order valence-electron chi connectivity index (χ4n) is 2.08. The zero-order chi connectivity index (χ0) is 18.6. The maximum atomic E-state index is 12.4. The fourth-order valence-corrected chi connectivity index (χ4v) is 3.21. The SMILES string of the molecule is COC1=NC(NCNS(=O)(=O)c2ccccc2C(=O)O)N(C)C(C)=N1. The van der Waals surface area contributed by atoms with E-state index in [9.17, 15) is 13.2 Å². The lowest BCUT2D eigenvalue weighted by Crippen LogP contribution is -2.50. The summed E-state index contributed by atoms with van der Waals surface area (Å²) in [5, 5.41) is 12.0. The van der Waals surface area contributed by atoms with Crippen LogP contribution in [0.4, 0.5) is 0 Å². The number of ether oxygens (including phenoxy) is 1. The largest absolute Gasteiger partial charge is 0.478 e. The summed E-state index contributed by atoms with van der Waals surface area (Å²) in [6, 6.07) is 5.55. The molecule has 25 heavy (non-hydrogen) atoms. The van der Waals surface area contributed by atoms with Crippen LogP contribution in [0.15, 0.2) is 39.1 Å². The van der Waals surface area contributed by atoms with E-state index in [2.05, 4.69) is 20.0 Å². The van der Waals surface area contributed by atoms with Crippen LogP contribution in [0.2, 0.25) is 0 Å². The first-order chi connectivity index (χ1) is 11.8. The fraction of sp³-hybridized carbons (Fsp3) is 0.357. The molecule has 0 spiro atoms. The van der Waals surface area contributed by atoms with E-state index < -0.39 is 22.3 Å². The topological polar surface area (TPSA) is 133 Å². The Balaban J connectivity index is 2.08. The summed E-state index contributed by atoms with van der Waals surface area (Å²) >= 11 is 0. The van der Waals surface area contributed by atoms with Gasteiger partial charge in [-0.05, 0) is 19.1 Å². The zero-order valence-electron chi connectivity index (χ0n) is 13.9. The van der Waals surface area contributed by atoms with Crippen LogP contribution < -0.4 is 10.0 Å². The lowest BCUT2D eigenvalue weighted by Gasteiger charge is -2.30. The van der Waals surface area contributed by atoms with E-state index in [0.29, 0.717) is 5.84 Å². The highest BCUT2D eigenvalue weighted by atomic mass is 32.2. The molecule has 1 heterocycles. The molecular formula is C14H19N5O5S. The van der Waals surface area contributed by atoms with Crippen molar-refractivity contribution in [2.45, 2.75) is 18.1 Å². The second-order valence-corrected chi connectivity index (χ2v) is 6.82. The van der Waals surface area contributed by atoms with Gasteiger partial charge >= 0.3 is 12.0 Å². The number of nitrogens with zero attached hydrogens (tertiary/aromatic N) is 3. The lowest BCUT2D eigenvalue weighted by atomic mass is 10.2.